The van der Waals surface area contributed by atoms with Gasteiger partial charge in [0, 0.05) is 6.92 Å². The number of aryl methyl sites for hydroxylation is 1. The van der Waals surface area contributed by atoms with E-state index in [0.717, 1.165) is 11.1 Å². The second kappa shape index (κ2) is 9.38. The number of methoxy groups -OCH3 is 1. The highest BCUT2D eigenvalue weighted by Gasteiger charge is 2.08. The number of amides is 1. The summed E-state index contributed by atoms with van der Waals surface area (Å²) < 4.78 is 15.7. The summed E-state index contributed by atoms with van der Waals surface area (Å²) in [5.41, 5.74) is 5.15. The Morgan fingerprint density at radius 2 is 1.89 bits per heavy atom. The summed E-state index contributed by atoms with van der Waals surface area (Å²) in [6.07, 6.45) is 1.45. The molecule has 1 amide bonds. The fraction of sp³-hybridized carbons (Fsp3) is 0.250. The monoisotopic (exact) mass is 370 g/mol. The third-order valence-electron chi connectivity index (χ3n) is 3.76. The van der Waals surface area contributed by atoms with Crippen LogP contribution in [-0.2, 0) is 9.59 Å². The summed E-state index contributed by atoms with van der Waals surface area (Å²) in [5, 5.41) is 3.89. The Balaban J connectivity index is 1.91. The van der Waals surface area contributed by atoms with Gasteiger partial charge in [-0.25, -0.2) is 5.43 Å². The number of hydrogen-bond acceptors (Lipinski definition) is 6. The molecule has 0 atom stereocenters. The lowest BCUT2D eigenvalue weighted by Gasteiger charge is -2.10. The van der Waals surface area contributed by atoms with E-state index in [0.29, 0.717) is 22.8 Å². The summed E-state index contributed by atoms with van der Waals surface area (Å²) in [4.78, 5) is 22.9. The van der Waals surface area contributed by atoms with Gasteiger partial charge in [-0.05, 0) is 54.8 Å². The van der Waals surface area contributed by atoms with E-state index in [1.165, 1.54) is 20.2 Å². The Morgan fingerprint density at radius 1 is 1.11 bits per heavy atom. The third-order valence-corrected chi connectivity index (χ3v) is 3.76. The van der Waals surface area contributed by atoms with Crippen molar-refractivity contribution >= 4 is 18.1 Å². The summed E-state index contributed by atoms with van der Waals surface area (Å²) >= 11 is 0. The van der Waals surface area contributed by atoms with Gasteiger partial charge in [-0.2, -0.15) is 5.10 Å². The van der Waals surface area contributed by atoms with Crippen molar-refractivity contribution < 1.29 is 23.8 Å². The molecule has 0 saturated carbocycles. The van der Waals surface area contributed by atoms with E-state index < -0.39 is 5.97 Å². The summed E-state index contributed by atoms with van der Waals surface area (Å²) in [6, 6.07) is 10.6. The molecule has 2 aromatic carbocycles. The maximum atomic E-state index is 11.9. The van der Waals surface area contributed by atoms with E-state index in [1.54, 1.807) is 18.2 Å². The van der Waals surface area contributed by atoms with E-state index in [2.05, 4.69) is 10.5 Å². The lowest BCUT2D eigenvalue weighted by Crippen LogP contribution is -2.24. The first-order valence-corrected chi connectivity index (χ1v) is 8.28. The van der Waals surface area contributed by atoms with Crippen molar-refractivity contribution in [3.63, 3.8) is 0 Å². The first-order valence-electron chi connectivity index (χ1n) is 8.28. The maximum Gasteiger partial charge on any atom is 0.308 e. The molecule has 27 heavy (non-hydrogen) atoms. The molecule has 1 N–H and O–H groups in total. The van der Waals surface area contributed by atoms with Gasteiger partial charge in [0.05, 0.1) is 13.3 Å². The highest BCUT2D eigenvalue weighted by Crippen LogP contribution is 2.27. The summed E-state index contributed by atoms with van der Waals surface area (Å²) in [7, 11) is 1.47. The molecule has 0 spiro atoms. The number of hydrogen-bond donors (Lipinski definition) is 1. The molecule has 7 heteroatoms. The molecule has 0 saturated heterocycles. The summed E-state index contributed by atoms with van der Waals surface area (Å²) in [5.74, 6) is 0.549. The van der Waals surface area contributed by atoms with Gasteiger partial charge in [-0.1, -0.05) is 12.1 Å². The molecule has 2 aromatic rings. The van der Waals surface area contributed by atoms with Crippen molar-refractivity contribution in [2.75, 3.05) is 13.7 Å². The number of nitrogens with zero attached hydrogens (tertiary/aromatic N) is 1. The zero-order valence-corrected chi connectivity index (χ0v) is 15.7. The van der Waals surface area contributed by atoms with Crippen LogP contribution in [0.5, 0.6) is 17.2 Å². The third kappa shape index (κ3) is 5.85. The largest absolute Gasteiger partial charge is 0.493 e. The molecule has 7 nitrogen and oxygen atoms in total. The van der Waals surface area contributed by atoms with E-state index >= 15 is 0 Å². The first kappa shape index (κ1) is 20.0. The minimum absolute atomic E-state index is 0.143. The van der Waals surface area contributed by atoms with Gasteiger partial charge in [-0.3, -0.25) is 9.59 Å². The average Bonchev–Trinajstić information content (AvgIpc) is 2.63. The Kier molecular flexibility index (Phi) is 6.93. The van der Waals surface area contributed by atoms with Gasteiger partial charge >= 0.3 is 5.97 Å². The van der Waals surface area contributed by atoms with Gasteiger partial charge < -0.3 is 14.2 Å². The lowest BCUT2D eigenvalue weighted by atomic mass is 10.1. The number of carbonyl (C=O) groups is 2. The van der Waals surface area contributed by atoms with Crippen LogP contribution in [0.2, 0.25) is 0 Å². The van der Waals surface area contributed by atoms with Crippen LogP contribution in [0.1, 0.15) is 23.6 Å². The predicted octanol–water partition coefficient (Wildman–Crippen LogP) is 2.77. The molecular weight excluding hydrogens is 348 g/mol. The number of hydrazone groups is 1. The van der Waals surface area contributed by atoms with Crippen molar-refractivity contribution in [1.82, 2.24) is 5.43 Å². The number of benzene rings is 2. The zero-order valence-electron chi connectivity index (χ0n) is 15.7. The Hall–Kier alpha value is -3.35. The molecule has 0 heterocycles. The Labute approximate surface area is 157 Å². The van der Waals surface area contributed by atoms with Crippen LogP contribution >= 0.6 is 0 Å². The van der Waals surface area contributed by atoms with Crippen LogP contribution in [0, 0.1) is 13.8 Å². The van der Waals surface area contributed by atoms with Crippen LogP contribution in [0.25, 0.3) is 0 Å². The number of nitrogens with one attached hydrogen (secondary N) is 1. The molecule has 0 aromatic heterocycles. The Bertz CT molecular complexity index is 861. The van der Waals surface area contributed by atoms with Gasteiger partial charge in [0.25, 0.3) is 5.91 Å². The van der Waals surface area contributed by atoms with Crippen molar-refractivity contribution in [2.24, 2.45) is 5.10 Å². The highest BCUT2D eigenvalue weighted by atomic mass is 16.6. The van der Waals surface area contributed by atoms with Crippen LogP contribution in [0.4, 0.5) is 0 Å². The van der Waals surface area contributed by atoms with Crippen molar-refractivity contribution in [2.45, 2.75) is 20.8 Å². The van der Waals surface area contributed by atoms with Crippen molar-refractivity contribution in [3.05, 3.63) is 53.1 Å². The minimum Gasteiger partial charge on any atom is -0.493 e. The molecule has 0 unspecified atom stereocenters. The van der Waals surface area contributed by atoms with E-state index in [1.807, 2.05) is 32.0 Å². The molecule has 0 aliphatic carbocycles. The van der Waals surface area contributed by atoms with Crippen LogP contribution in [-0.4, -0.2) is 31.8 Å². The minimum atomic E-state index is -0.439. The molecular formula is C20H22N2O5. The number of esters is 1. The van der Waals surface area contributed by atoms with Gasteiger partial charge in [-0.15, -0.1) is 0 Å². The molecule has 0 fully saturated rings. The standard InChI is InChI=1S/C20H22N2O5/c1-13-6-5-7-17(14(13)2)26-12-20(24)22-21-11-16-8-9-18(27-15(3)23)19(10-16)25-4/h5-11H,12H2,1-4H3,(H,22,24)/b21-11+. The van der Waals surface area contributed by atoms with E-state index in [-0.39, 0.29) is 12.5 Å². The van der Waals surface area contributed by atoms with Crippen molar-refractivity contribution in [3.8, 4) is 17.2 Å². The van der Waals surface area contributed by atoms with E-state index in [4.69, 9.17) is 14.2 Å². The normalized spacial score (nSPS) is 10.5. The Morgan fingerprint density at radius 3 is 2.59 bits per heavy atom. The lowest BCUT2D eigenvalue weighted by molar-refractivity contribution is -0.132. The van der Waals surface area contributed by atoms with Gasteiger partial charge in [0.15, 0.2) is 18.1 Å². The second-order valence-electron chi connectivity index (χ2n) is 5.78. The average molecular weight is 370 g/mol. The molecule has 0 aliphatic rings. The number of ether oxygens (including phenoxy) is 3. The van der Waals surface area contributed by atoms with Gasteiger partial charge in [0.1, 0.15) is 5.75 Å². The second-order valence-corrected chi connectivity index (χ2v) is 5.78. The molecule has 0 bridgehead atoms. The van der Waals surface area contributed by atoms with E-state index in [9.17, 15) is 9.59 Å². The maximum absolute atomic E-state index is 11.9. The molecule has 142 valence electrons. The smallest absolute Gasteiger partial charge is 0.308 e. The fourth-order valence-corrected chi connectivity index (χ4v) is 2.24. The fourth-order valence-electron chi connectivity index (χ4n) is 2.24. The summed E-state index contributed by atoms with van der Waals surface area (Å²) in [6.45, 7) is 5.09. The van der Waals surface area contributed by atoms with Crippen LogP contribution in [0.15, 0.2) is 41.5 Å². The highest BCUT2D eigenvalue weighted by molar-refractivity contribution is 5.84. The van der Waals surface area contributed by atoms with Gasteiger partial charge in [0.2, 0.25) is 0 Å². The predicted molar refractivity (Wildman–Crippen MR) is 101 cm³/mol. The molecule has 2 rings (SSSR count). The SMILES string of the molecule is COc1cc(/C=N/NC(=O)COc2cccc(C)c2C)ccc1OC(C)=O. The number of carbonyl (C=O) groups excluding carboxylic acids is 2. The molecule has 0 radical (unpaired) electrons. The first-order chi connectivity index (χ1) is 12.9. The zero-order chi connectivity index (χ0) is 19.8. The number of rotatable bonds is 7. The molecule has 0 aliphatic heterocycles. The van der Waals surface area contributed by atoms with Crippen molar-refractivity contribution in [1.29, 1.82) is 0 Å². The van der Waals surface area contributed by atoms with Crippen LogP contribution < -0.4 is 19.6 Å². The topological polar surface area (TPSA) is 86.2 Å². The quantitative estimate of drug-likeness (QED) is 0.351. The van der Waals surface area contributed by atoms with Crippen LogP contribution in [0.3, 0.4) is 0 Å².